The highest BCUT2D eigenvalue weighted by atomic mass is 35.5. The van der Waals surface area contributed by atoms with Crippen LogP contribution in [0, 0.1) is 0 Å². The van der Waals surface area contributed by atoms with Crippen molar-refractivity contribution in [3.63, 3.8) is 0 Å². The molecule has 2 aliphatic rings. The maximum absolute atomic E-state index is 12.5. The molecule has 0 aromatic heterocycles. The number of amides is 2. The predicted octanol–water partition coefficient (Wildman–Crippen LogP) is 3.28. The molecule has 1 aromatic carbocycles. The molecule has 1 N–H and O–H groups in total. The summed E-state index contributed by atoms with van der Waals surface area (Å²) in [6, 6.07) is 5.60. The SMILES string of the molecule is O=C(CN1CCCCCC1=O)Nc1cc(Cl)ccc1N1CCCC1. The van der Waals surface area contributed by atoms with Crippen molar-refractivity contribution in [2.24, 2.45) is 0 Å². The van der Waals surface area contributed by atoms with E-state index in [1.54, 1.807) is 11.0 Å². The summed E-state index contributed by atoms with van der Waals surface area (Å²) in [5.41, 5.74) is 1.74. The average Bonchev–Trinajstić information content (AvgIpc) is 3.00. The van der Waals surface area contributed by atoms with Crippen LogP contribution >= 0.6 is 11.6 Å². The van der Waals surface area contributed by atoms with E-state index < -0.39 is 0 Å². The summed E-state index contributed by atoms with van der Waals surface area (Å²) in [5, 5.41) is 3.55. The largest absolute Gasteiger partial charge is 0.370 e. The normalized spacial score (nSPS) is 18.6. The van der Waals surface area contributed by atoms with Crippen LogP contribution in [0.1, 0.15) is 38.5 Å². The summed E-state index contributed by atoms with van der Waals surface area (Å²) in [6.07, 6.45) is 5.82. The van der Waals surface area contributed by atoms with E-state index in [-0.39, 0.29) is 18.4 Å². The van der Waals surface area contributed by atoms with E-state index in [1.165, 1.54) is 0 Å². The van der Waals surface area contributed by atoms with Gasteiger partial charge in [-0.05, 0) is 43.9 Å². The smallest absolute Gasteiger partial charge is 0.244 e. The van der Waals surface area contributed by atoms with Crippen LogP contribution in [0.25, 0.3) is 0 Å². The van der Waals surface area contributed by atoms with Crippen molar-refractivity contribution >= 4 is 34.8 Å². The number of carbonyl (C=O) groups is 2. The van der Waals surface area contributed by atoms with Gasteiger partial charge >= 0.3 is 0 Å². The number of nitrogens with one attached hydrogen (secondary N) is 1. The van der Waals surface area contributed by atoms with Gasteiger partial charge in [0, 0.05) is 31.1 Å². The Bertz CT molecular complexity index is 614. The van der Waals surface area contributed by atoms with Gasteiger partial charge in [0.1, 0.15) is 0 Å². The minimum atomic E-state index is -0.159. The van der Waals surface area contributed by atoms with Gasteiger partial charge in [-0.25, -0.2) is 0 Å². The molecule has 2 heterocycles. The van der Waals surface area contributed by atoms with Crippen LogP contribution in [0.15, 0.2) is 18.2 Å². The number of rotatable bonds is 4. The number of carbonyl (C=O) groups excluding carboxylic acids is 2. The minimum absolute atomic E-state index is 0.0773. The molecule has 0 bridgehead atoms. The molecule has 1 aromatic rings. The van der Waals surface area contributed by atoms with E-state index >= 15 is 0 Å². The van der Waals surface area contributed by atoms with Gasteiger partial charge in [0.2, 0.25) is 11.8 Å². The molecule has 24 heavy (non-hydrogen) atoms. The summed E-state index contributed by atoms with van der Waals surface area (Å²) in [7, 11) is 0. The molecule has 6 heteroatoms. The molecule has 0 spiro atoms. The topological polar surface area (TPSA) is 52.7 Å². The Balaban J connectivity index is 1.69. The number of nitrogens with zero attached hydrogens (tertiary/aromatic N) is 2. The van der Waals surface area contributed by atoms with Gasteiger partial charge in [-0.3, -0.25) is 9.59 Å². The van der Waals surface area contributed by atoms with Crippen molar-refractivity contribution in [3.05, 3.63) is 23.2 Å². The molecule has 2 fully saturated rings. The number of hydrogen-bond acceptors (Lipinski definition) is 3. The first-order valence-electron chi connectivity index (χ1n) is 8.75. The fraction of sp³-hybridized carbons (Fsp3) is 0.556. The van der Waals surface area contributed by atoms with Crippen molar-refractivity contribution in [1.29, 1.82) is 0 Å². The van der Waals surface area contributed by atoms with E-state index in [0.29, 0.717) is 18.0 Å². The first-order valence-corrected chi connectivity index (χ1v) is 9.13. The van der Waals surface area contributed by atoms with Crippen molar-refractivity contribution in [1.82, 2.24) is 4.90 Å². The van der Waals surface area contributed by atoms with E-state index in [4.69, 9.17) is 11.6 Å². The third kappa shape index (κ3) is 4.20. The highest BCUT2D eigenvalue weighted by molar-refractivity contribution is 6.31. The molecule has 0 aliphatic carbocycles. The van der Waals surface area contributed by atoms with Crippen LogP contribution in [-0.4, -0.2) is 42.9 Å². The van der Waals surface area contributed by atoms with Crippen molar-refractivity contribution in [2.75, 3.05) is 36.4 Å². The Hall–Kier alpha value is -1.75. The lowest BCUT2D eigenvalue weighted by Gasteiger charge is -2.23. The highest BCUT2D eigenvalue weighted by Gasteiger charge is 2.21. The molecule has 3 rings (SSSR count). The summed E-state index contributed by atoms with van der Waals surface area (Å²) in [4.78, 5) is 28.4. The van der Waals surface area contributed by atoms with Gasteiger partial charge in [0.15, 0.2) is 0 Å². The van der Waals surface area contributed by atoms with Crippen LogP contribution in [-0.2, 0) is 9.59 Å². The molecule has 0 saturated carbocycles. The zero-order valence-electron chi connectivity index (χ0n) is 13.9. The summed E-state index contributed by atoms with van der Waals surface area (Å²) < 4.78 is 0. The molecule has 2 amide bonds. The van der Waals surface area contributed by atoms with Crippen molar-refractivity contribution in [3.8, 4) is 0 Å². The second-order valence-electron chi connectivity index (χ2n) is 6.53. The van der Waals surface area contributed by atoms with Crippen LogP contribution in [0.4, 0.5) is 11.4 Å². The van der Waals surface area contributed by atoms with Gasteiger partial charge in [0.25, 0.3) is 0 Å². The molecule has 0 atom stereocenters. The second-order valence-corrected chi connectivity index (χ2v) is 6.97. The third-order valence-electron chi connectivity index (χ3n) is 4.69. The van der Waals surface area contributed by atoms with Gasteiger partial charge in [-0.1, -0.05) is 18.0 Å². The highest BCUT2D eigenvalue weighted by Crippen LogP contribution is 2.31. The number of benzene rings is 1. The van der Waals surface area contributed by atoms with Gasteiger partial charge in [-0.15, -0.1) is 0 Å². The molecule has 2 saturated heterocycles. The fourth-order valence-electron chi connectivity index (χ4n) is 3.41. The third-order valence-corrected chi connectivity index (χ3v) is 4.92. The number of likely N-dealkylation sites (tertiary alicyclic amines) is 1. The number of anilines is 2. The van der Waals surface area contributed by atoms with Gasteiger partial charge in [-0.2, -0.15) is 0 Å². The lowest BCUT2D eigenvalue weighted by atomic mass is 10.2. The molecule has 2 aliphatic heterocycles. The van der Waals surface area contributed by atoms with Crippen LogP contribution < -0.4 is 10.2 Å². The monoisotopic (exact) mass is 349 g/mol. The average molecular weight is 350 g/mol. The Morgan fingerprint density at radius 2 is 1.83 bits per heavy atom. The summed E-state index contributed by atoms with van der Waals surface area (Å²) in [5.74, 6) is -0.0820. The Morgan fingerprint density at radius 3 is 2.62 bits per heavy atom. The zero-order valence-corrected chi connectivity index (χ0v) is 14.6. The summed E-state index contributed by atoms with van der Waals surface area (Å²) >= 11 is 6.11. The molecular weight excluding hydrogens is 326 g/mol. The lowest BCUT2D eigenvalue weighted by molar-refractivity contribution is -0.134. The van der Waals surface area contributed by atoms with E-state index in [9.17, 15) is 9.59 Å². The minimum Gasteiger partial charge on any atom is -0.370 e. The van der Waals surface area contributed by atoms with Crippen molar-refractivity contribution in [2.45, 2.75) is 38.5 Å². The lowest BCUT2D eigenvalue weighted by Crippen LogP contribution is -2.37. The number of halogens is 1. The van der Waals surface area contributed by atoms with Crippen LogP contribution in [0.2, 0.25) is 5.02 Å². The first kappa shape index (κ1) is 17.1. The van der Waals surface area contributed by atoms with Gasteiger partial charge in [0.05, 0.1) is 17.9 Å². The molecule has 0 unspecified atom stereocenters. The maximum Gasteiger partial charge on any atom is 0.244 e. The quantitative estimate of drug-likeness (QED) is 0.907. The van der Waals surface area contributed by atoms with Crippen LogP contribution in [0.3, 0.4) is 0 Å². The fourth-order valence-corrected chi connectivity index (χ4v) is 3.58. The second kappa shape index (κ2) is 7.88. The van der Waals surface area contributed by atoms with Gasteiger partial charge < -0.3 is 15.1 Å². The molecular formula is C18H24ClN3O2. The van der Waals surface area contributed by atoms with Crippen molar-refractivity contribution < 1.29 is 9.59 Å². The summed E-state index contributed by atoms with van der Waals surface area (Å²) in [6.45, 7) is 2.77. The number of hydrogen-bond donors (Lipinski definition) is 1. The van der Waals surface area contributed by atoms with E-state index in [1.807, 2.05) is 12.1 Å². The Kier molecular flexibility index (Phi) is 5.61. The molecule has 5 nitrogen and oxygen atoms in total. The van der Waals surface area contributed by atoms with E-state index in [0.717, 1.165) is 56.6 Å². The van der Waals surface area contributed by atoms with E-state index in [2.05, 4.69) is 10.2 Å². The predicted molar refractivity (Wildman–Crippen MR) is 96.6 cm³/mol. The van der Waals surface area contributed by atoms with Crippen LogP contribution in [0.5, 0.6) is 0 Å². The maximum atomic E-state index is 12.5. The molecule has 130 valence electrons. The zero-order chi connectivity index (χ0) is 16.9. The Morgan fingerprint density at radius 1 is 1.08 bits per heavy atom. The Labute approximate surface area is 147 Å². The first-order chi connectivity index (χ1) is 11.6. The molecule has 0 radical (unpaired) electrons. The standard InChI is InChI=1S/C18H24ClN3O2/c19-14-7-8-16(21-9-4-5-10-21)15(12-14)20-17(23)13-22-11-3-1-2-6-18(22)24/h7-8,12H,1-6,9-11,13H2,(H,20,23).